The highest BCUT2D eigenvalue weighted by atomic mass is 16.5. The van der Waals surface area contributed by atoms with Crippen LogP contribution in [0.15, 0.2) is 72.8 Å². The minimum atomic E-state index is -0.275. The topological polar surface area (TPSA) is 67.9 Å². The Morgan fingerprint density at radius 3 is 2.56 bits per heavy atom. The van der Waals surface area contributed by atoms with E-state index in [-0.39, 0.29) is 25.0 Å². The maximum atomic E-state index is 12.5. The molecule has 0 unspecified atom stereocenters. The Morgan fingerprint density at radius 2 is 1.81 bits per heavy atom. The van der Waals surface area contributed by atoms with E-state index in [1.807, 2.05) is 54.6 Å². The van der Waals surface area contributed by atoms with E-state index in [9.17, 15) is 9.59 Å². The highest BCUT2D eigenvalue weighted by Crippen LogP contribution is 2.34. The summed E-state index contributed by atoms with van der Waals surface area (Å²) in [6.07, 6.45) is 1.68. The Morgan fingerprint density at radius 1 is 1.03 bits per heavy atom. The van der Waals surface area contributed by atoms with Gasteiger partial charge in [0.25, 0.3) is 11.8 Å². The van der Waals surface area contributed by atoms with Gasteiger partial charge in [0.05, 0.1) is 5.69 Å². The van der Waals surface area contributed by atoms with Gasteiger partial charge in [0.15, 0.2) is 13.2 Å². The van der Waals surface area contributed by atoms with Crippen LogP contribution in [0.1, 0.15) is 18.1 Å². The number of carbonyl (C=O) groups excluding carboxylic acids is 2. The second-order valence-electron chi connectivity index (χ2n) is 7.59. The van der Waals surface area contributed by atoms with Crippen molar-refractivity contribution in [3.63, 3.8) is 0 Å². The average molecular weight is 431 g/mol. The van der Waals surface area contributed by atoms with Crippen molar-refractivity contribution in [2.45, 2.75) is 19.8 Å². The van der Waals surface area contributed by atoms with Crippen molar-refractivity contribution in [2.75, 3.05) is 30.0 Å². The van der Waals surface area contributed by atoms with Crippen LogP contribution in [-0.4, -0.2) is 31.6 Å². The van der Waals surface area contributed by atoms with Crippen LogP contribution in [0.4, 0.5) is 11.4 Å². The predicted octanol–water partition coefficient (Wildman–Crippen LogP) is 4.23. The van der Waals surface area contributed by atoms with E-state index in [0.29, 0.717) is 29.4 Å². The molecule has 6 heteroatoms. The molecule has 0 saturated carbocycles. The summed E-state index contributed by atoms with van der Waals surface area (Å²) in [7, 11) is 0. The van der Waals surface area contributed by atoms with Gasteiger partial charge in [0, 0.05) is 12.2 Å². The van der Waals surface area contributed by atoms with Crippen LogP contribution in [-0.2, 0) is 22.4 Å². The standard InChI is InChI=1S/C26H26N2O4/c1-2-19-8-11-22(12-9-19)31-17-25(29)27-21-10-13-24-23(16-21)28(26(30)18-32-24)15-14-20-6-4-3-5-7-20/h3-13,16H,2,14-15,17-18H2,1H3,(H,27,29). The third-order valence-electron chi connectivity index (χ3n) is 5.35. The van der Waals surface area contributed by atoms with Crippen LogP contribution < -0.4 is 19.7 Å². The van der Waals surface area contributed by atoms with Crippen molar-refractivity contribution in [3.05, 3.63) is 83.9 Å². The molecule has 0 aliphatic carbocycles. The number of hydrogen-bond donors (Lipinski definition) is 1. The molecule has 1 aliphatic rings. The molecule has 0 atom stereocenters. The summed E-state index contributed by atoms with van der Waals surface area (Å²) in [5, 5.41) is 2.84. The van der Waals surface area contributed by atoms with E-state index >= 15 is 0 Å². The molecular formula is C26H26N2O4. The van der Waals surface area contributed by atoms with Crippen LogP contribution in [0, 0.1) is 0 Å². The van der Waals surface area contributed by atoms with Gasteiger partial charge in [-0.1, -0.05) is 49.4 Å². The molecule has 2 amide bonds. The number of fused-ring (bicyclic) bond motifs is 1. The van der Waals surface area contributed by atoms with Crippen molar-refractivity contribution in [2.24, 2.45) is 0 Å². The number of carbonyl (C=O) groups is 2. The number of nitrogens with zero attached hydrogens (tertiary/aromatic N) is 1. The van der Waals surface area contributed by atoms with Crippen LogP contribution in [0.25, 0.3) is 0 Å². The van der Waals surface area contributed by atoms with E-state index in [1.54, 1.807) is 23.1 Å². The molecule has 1 heterocycles. The van der Waals surface area contributed by atoms with Crippen molar-refractivity contribution >= 4 is 23.2 Å². The van der Waals surface area contributed by atoms with Crippen molar-refractivity contribution in [1.29, 1.82) is 0 Å². The molecular weight excluding hydrogens is 404 g/mol. The summed E-state index contributed by atoms with van der Waals surface area (Å²) in [5.41, 5.74) is 3.61. The molecule has 1 N–H and O–H groups in total. The van der Waals surface area contributed by atoms with Crippen LogP contribution in [0.5, 0.6) is 11.5 Å². The number of aryl methyl sites for hydroxylation is 1. The van der Waals surface area contributed by atoms with Gasteiger partial charge in [-0.2, -0.15) is 0 Å². The molecule has 0 bridgehead atoms. The summed E-state index contributed by atoms with van der Waals surface area (Å²) in [5.74, 6) is 0.899. The Balaban J connectivity index is 1.40. The van der Waals surface area contributed by atoms with Crippen LogP contribution >= 0.6 is 0 Å². The summed E-state index contributed by atoms with van der Waals surface area (Å²) < 4.78 is 11.2. The van der Waals surface area contributed by atoms with Crippen molar-refractivity contribution in [1.82, 2.24) is 0 Å². The van der Waals surface area contributed by atoms with Gasteiger partial charge >= 0.3 is 0 Å². The Kier molecular flexibility index (Phi) is 6.70. The number of nitrogens with one attached hydrogen (secondary N) is 1. The van der Waals surface area contributed by atoms with Crippen LogP contribution in [0.2, 0.25) is 0 Å². The van der Waals surface area contributed by atoms with E-state index < -0.39 is 0 Å². The SMILES string of the molecule is CCc1ccc(OCC(=O)Nc2ccc3c(c2)N(CCc2ccccc2)C(=O)CO3)cc1. The zero-order chi connectivity index (χ0) is 22.3. The molecule has 4 rings (SSSR count). The molecule has 0 spiro atoms. The van der Waals surface area contributed by atoms with E-state index in [2.05, 4.69) is 12.2 Å². The van der Waals surface area contributed by atoms with E-state index in [4.69, 9.17) is 9.47 Å². The number of benzene rings is 3. The lowest BCUT2D eigenvalue weighted by atomic mass is 10.1. The number of ether oxygens (including phenoxy) is 2. The largest absolute Gasteiger partial charge is 0.484 e. The molecule has 0 saturated heterocycles. The zero-order valence-corrected chi connectivity index (χ0v) is 18.0. The Labute approximate surface area is 187 Å². The summed E-state index contributed by atoms with van der Waals surface area (Å²) in [6, 6.07) is 23.0. The molecule has 3 aromatic carbocycles. The number of anilines is 2. The van der Waals surface area contributed by atoms with Gasteiger partial charge in [0.2, 0.25) is 0 Å². The van der Waals surface area contributed by atoms with Gasteiger partial charge in [-0.3, -0.25) is 9.59 Å². The van der Waals surface area contributed by atoms with E-state index in [0.717, 1.165) is 18.4 Å². The molecule has 0 aromatic heterocycles. The molecule has 3 aromatic rings. The van der Waals surface area contributed by atoms with Crippen LogP contribution in [0.3, 0.4) is 0 Å². The van der Waals surface area contributed by atoms with E-state index in [1.165, 1.54) is 5.56 Å². The third-order valence-corrected chi connectivity index (χ3v) is 5.35. The first-order chi connectivity index (χ1) is 15.6. The number of amides is 2. The molecule has 164 valence electrons. The number of hydrogen-bond acceptors (Lipinski definition) is 4. The monoisotopic (exact) mass is 430 g/mol. The predicted molar refractivity (Wildman–Crippen MR) is 124 cm³/mol. The van der Waals surface area contributed by atoms with Gasteiger partial charge in [-0.15, -0.1) is 0 Å². The quantitative estimate of drug-likeness (QED) is 0.581. The van der Waals surface area contributed by atoms with Crippen molar-refractivity contribution in [3.8, 4) is 11.5 Å². The average Bonchev–Trinajstić information content (AvgIpc) is 2.83. The summed E-state index contributed by atoms with van der Waals surface area (Å²) >= 11 is 0. The second kappa shape index (κ2) is 10.0. The maximum Gasteiger partial charge on any atom is 0.265 e. The Bertz CT molecular complexity index is 1080. The third kappa shape index (κ3) is 5.27. The minimum Gasteiger partial charge on any atom is -0.484 e. The molecule has 0 radical (unpaired) electrons. The lowest BCUT2D eigenvalue weighted by molar-refractivity contribution is -0.121. The fraction of sp³-hybridized carbons (Fsp3) is 0.231. The highest BCUT2D eigenvalue weighted by molar-refractivity contribution is 5.99. The van der Waals surface area contributed by atoms with Gasteiger partial charge < -0.3 is 19.7 Å². The first-order valence-electron chi connectivity index (χ1n) is 10.7. The van der Waals surface area contributed by atoms with Crippen molar-refractivity contribution < 1.29 is 19.1 Å². The fourth-order valence-corrected chi connectivity index (χ4v) is 3.58. The number of rotatable bonds is 8. The van der Waals surface area contributed by atoms with Gasteiger partial charge in [0.1, 0.15) is 11.5 Å². The normalized spacial score (nSPS) is 12.7. The molecule has 0 fully saturated rings. The molecule has 1 aliphatic heterocycles. The summed E-state index contributed by atoms with van der Waals surface area (Å²) in [4.78, 5) is 26.6. The lowest BCUT2D eigenvalue weighted by Gasteiger charge is -2.30. The minimum absolute atomic E-state index is 0.0121. The molecule has 32 heavy (non-hydrogen) atoms. The maximum absolute atomic E-state index is 12.5. The first kappa shape index (κ1) is 21.4. The van der Waals surface area contributed by atoms with Gasteiger partial charge in [-0.05, 0) is 54.3 Å². The highest BCUT2D eigenvalue weighted by Gasteiger charge is 2.25. The van der Waals surface area contributed by atoms with Gasteiger partial charge in [-0.25, -0.2) is 0 Å². The lowest BCUT2D eigenvalue weighted by Crippen LogP contribution is -2.40. The molecule has 6 nitrogen and oxygen atoms in total. The Hall–Kier alpha value is -3.80. The summed E-state index contributed by atoms with van der Waals surface area (Å²) in [6.45, 7) is 2.53. The second-order valence-corrected chi connectivity index (χ2v) is 7.59. The fourth-order valence-electron chi connectivity index (χ4n) is 3.58. The smallest absolute Gasteiger partial charge is 0.265 e. The zero-order valence-electron chi connectivity index (χ0n) is 18.0. The first-order valence-corrected chi connectivity index (χ1v) is 10.7.